The molecular formula is C18H19N5O2. The lowest BCUT2D eigenvalue weighted by molar-refractivity contribution is 0.100. The molecule has 2 N–H and O–H groups in total. The predicted molar refractivity (Wildman–Crippen MR) is 93.2 cm³/mol. The molecule has 7 heteroatoms. The number of amides is 1. The Bertz CT molecular complexity index is 866. The molecule has 0 bridgehead atoms. The number of nitrogens with zero attached hydrogens (tertiary/aromatic N) is 4. The van der Waals surface area contributed by atoms with Crippen LogP contribution in [0.3, 0.4) is 0 Å². The van der Waals surface area contributed by atoms with Crippen molar-refractivity contribution in [3.8, 4) is 17.1 Å². The van der Waals surface area contributed by atoms with Gasteiger partial charge < -0.3 is 10.5 Å². The van der Waals surface area contributed by atoms with Gasteiger partial charge in [0, 0.05) is 11.1 Å². The minimum absolute atomic E-state index is 0.443. The smallest absolute Gasteiger partial charge is 0.248 e. The molecule has 3 aromatic rings. The van der Waals surface area contributed by atoms with E-state index >= 15 is 0 Å². The van der Waals surface area contributed by atoms with Crippen LogP contribution in [0, 0.1) is 13.8 Å². The zero-order valence-corrected chi connectivity index (χ0v) is 14.1. The highest BCUT2D eigenvalue weighted by Gasteiger charge is 2.07. The third-order valence-electron chi connectivity index (χ3n) is 3.64. The van der Waals surface area contributed by atoms with Gasteiger partial charge in [0.15, 0.2) is 0 Å². The Morgan fingerprint density at radius 2 is 1.80 bits per heavy atom. The number of hydrogen-bond acceptors (Lipinski definition) is 5. The van der Waals surface area contributed by atoms with Crippen molar-refractivity contribution in [1.29, 1.82) is 0 Å². The van der Waals surface area contributed by atoms with Crippen LogP contribution in [0.25, 0.3) is 11.4 Å². The Labute approximate surface area is 145 Å². The third-order valence-corrected chi connectivity index (χ3v) is 3.64. The largest absolute Gasteiger partial charge is 0.492 e. The summed E-state index contributed by atoms with van der Waals surface area (Å²) in [4.78, 5) is 12.6. The molecule has 0 spiro atoms. The lowest BCUT2D eigenvalue weighted by atomic mass is 10.1. The van der Waals surface area contributed by atoms with E-state index in [0.717, 1.165) is 22.4 Å². The highest BCUT2D eigenvalue weighted by atomic mass is 16.5. The number of primary amides is 1. The summed E-state index contributed by atoms with van der Waals surface area (Å²) in [6.45, 7) is 5.00. The molecule has 0 saturated heterocycles. The molecule has 0 aliphatic heterocycles. The normalized spacial score (nSPS) is 10.6. The second kappa shape index (κ2) is 7.12. The van der Waals surface area contributed by atoms with Crippen LogP contribution in [-0.4, -0.2) is 32.7 Å². The van der Waals surface area contributed by atoms with Crippen LogP contribution < -0.4 is 10.5 Å². The van der Waals surface area contributed by atoms with Crippen LogP contribution in [0.1, 0.15) is 21.5 Å². The molecule has 1 heterocycles. The molecular weight excluding hydrogens is 318 g/mol. The fraction of sp³-hybridized carbons (Fsp3) is 0.222. The molecule has 0 fully saturated rings. The first-order chi connectivity index (χ1) is 12.0. The van der Waals surface area contributed by atoms with E-state index in [4.69, 9.17) is 10.5 Å². The molecule has 1 amide bonds. The van der Waals surface area contributed by atoms with Crippen LogP contribution in [-0.2, 0) is 6.54 Å². The van der Waals surface area contributed by atoms with E-state index in [1.165, 1.54) is 4.80 Å². The predicted octanol–water partition coefficient (Wildman–Crippen LogP) is 2.13. The molecule has 2 aromatic carbocycles. The SMILES string of the molecule is Cc1cc(C)cc(OCCn2nnc(-c3ccc(C(N)=O)cc3)n2)c1. The van der Waals surface area contributed by atoms with Crippen LogP contribution in [0.5, 0.6) is 5.75 Å². The maximum absolute atomic E-state index is 11.1. The molecule has 0 unspecified atom stereocenters. The molecule has 0 radical (unpaired) electrons. The van der Waals surface area contributed by atoms with Gasteiger partial charge in [0.05, 0.1) is 6.54 Å². The maximum atomic E-state index is 11.1. The van der Waals surface area contributed by atoms with E-state index in [9.17, 15) is 4.79 Å². The molecule has 0 aliphatic rings. The average Bonchev–Trinajstić information content (AvgIpc) is 3.03. The van der Waals surface area contributed by atoms with Crippen LogP contribution in [0.15, 0.2) is 42.5 Å². The van der Waals surface area contributed by atoms with Crippen LogP contribution in [0.2, 0.25) is 0 Å². The minimum atomic E-state index is -0.466. The fourth-order valence-electron chi connectivity index (χ4n) is 2.50. The van der Waals surface area contributed by atoms with Crippen molar-refractivity contribution in [3.05, 3.63) is 59.2 Å². The molecule has 0 saturated carbocycles. The van der Waals surface area contributed by atoms with Gasteiger partial charge >= 0.3 is 0 Å². The summed E-state index contributed by atoms with van der Waals surface area (Å²) in [5.74, 6) is 0.856. The summed E-state index contributed by atoms with van der Waals surface area (Å²) in [6.07, 6.45) is 0. The van der Waals surface area contributed by atoms with Gasteiger partial charge in [-0.15, -0.1) is 10.2 Å². The van der Waals surface area contributed by atoms with Crippen LogP contribution >= 0.6 is 0 Å². The van der Waals surface area contributed by atoms with Gasteiger partial charge in [-0.1, -0.05) is 18.2 Å². The van der Waals surface area contributed by atoms with Crippen LogP contribution in [0.4, 0.5) is 0 Å². The third kappa shape index (κ3) is 4.20. The summed E-state index contributed by atoms with van der Waals surface area (Å²) >= 11 is 0. The summed E-state index contributed by atoms with van der Waals surface area (Å²) in [6, 6.07) is 12.9. The first kappa shape index (κ1) is 16.6. The van der Waals surface area contributed by atoms with Crippen molar-refractivity contribution in [2.24, 2.45) is 5.73 Å². The van der Waals surface area contributed by atoms with Gasteiger partial charge in [-0.25, -0.2) is 0 Å². The molecule has 0 aliphatic carbocycles. The second-order valence-electron chi connectivity index (χ2n) is 5.82. The summed E-state index contributed by atoms with van der Waals surface area (Å²) in [7, 11) is 0. The number of hydrogen-bond donors (Lipinski definition) is 1. The van der Waals surface area contributed by atoms with Gasteiger partial charge in [0.1, 0.15) is 12.4 Å². The Balaban J connectivity index is 1.60. The first-order valence-corrected chi connectivity index (χ1v) is 7.90. The number of nitrogens with two attached hydrogens (primary N) is 1. The molecule has 7 nitrogen and oxygen atoms in total. The quantitative estimate of drug-likeness (QED) is 0.743. The molecule has 128 valence electrons. The van der Waals surface area contributed by atoms with E-state index < -0.39 is 5.91 Å². The van der Waals surface area contributed by atoms with Gasteiger partial charge in [0.2, 0.25) is 11.7 Å². The maximum Gasteiger partial charge on any atom is 0.248 e. The van der Waals surface area contributed by atoms with Crippen molar-refractivity contribution in [2.75, 3.05) is 6.61 Å². The highest BCUT2D eigenvalue weighted by molar-refractivity contribution is 5.93. The number of rotatable bonds is 6. The average molecular weight is 337 g/mol. The van der Waals surface area contributed by atoms with E-state index in [2.05, 4.69) is 21.5 Å². The summed E-state index contributed by atoms with van der Waals surface area (Å²) in [5.41, 5.74) is 8.77. The zero-order chi connectivity index (χ0) is 17.8. The van der Waals surface area contributed by atoms with Gasteiger partial charge in [-0.05, 0) is 54.5 Å². The van der Waals surface area contributed by atoms with E-state index in [0.29, 0.717) is 24.5 Å². The molecule has 3 rings (SSSR count). The summed E-state index contributed by atoms with van der Waals surface area (Å²) < 4.78 is 5.75. The number of aromatic nitrogens is 4. The lowest BCUT2D eigenvalue weighted by Gasteiger charge is -2.07. The van der Waals surface area contributed by atoms with Crippen molar-refractivity contribution in [1.82, 2.24) is 20.2 Å². The van der Waals surface area contributed by atoms with Crippen molar-refractivity contribution in [3.63, 3.8) is 0 Å². The lowest BCUT2D eigenvalue weighted by Crippen LogP contribution is -2.11. The molecule has 1 aromatic heterocycles. The zero-order valence-electron chi connectivity index (χ0n) is 14.1. The highest BCUT2D eigenvalue weighted by Crippen LogP contribution is 2.16. The number of tetrazole rings is 1. The standard InChI is InChI=1S/C18H19N5O2/c1-12-9-13(2)11-16(10-12)25-8-7-23-21-18(20-22-23)15-5-3-14(4-6-15)17(19)24/h3-6,9-11H,7-8H2,1-2H3,(H2,19,24). The van der Waals surface area contributed by atoms with Gasteiger partial charge in [0.25, 0.3) is 0 Å². The van der Waals surface area contributed by atoms with Gasteiger partial charge in [-0.2, -0.15) is 4.80 Å². The fourth-order valence-corrected chi connectivity index (χ4v) is 2.50. The van der Waals surface area contributed by atoms with E-state index in [1.54, 1.807) is 24.3 Å². The Hall–Kier alpha value is -3.22. The number of benzene rings is 2. The number of ether oxygens (including phenoxy) is 1. The van der Waals surface area contributed by atoms with Crippen molar-refractivity contribution in [2.45, 2.75) is 20.4 Å². The molecule has 25 heavy (non-hydrogen) atoms. The Kier molecular flexibility index (Phi) is 4.74. The summed E-state index contributed by atoms with van der Waals surface area (Å²) in [5, 5.41) is 12.4. The number of aryl methyl sites for hydroxylation is 2. The van der Waals surface area contributed by atoms with E-state index in [-0.39, 0.29) is 0 Å². The molecule has 0 atom stereocenters. The van der Waals surface area contributed by atoms with Gasteiger partial charge in [-0.3, -0.25) is 4.79 Å². The van der Waals surface area contributed by atoms with E-state index in [1.807, 2.05) is 26.0 Å². The Morgan fingerprint density at radius 1 is 1.12 bits per heavy atom. The van der Waals surface area contributed by atoms with Crippen molar-refractivity contribution >= 4 is 5.91 Å². The minimum Gasteiger partial charge on any atom is -0.492 e. The van der Waals surface area contributed by atoms with Crippen molar-refractivity contribution < 1.29 is 9.53 Å². The Morgan fingerprint density at radius 3 is 2.44 bits per heavy atom. The number of carbonyl (C=O) groups excluding carboxylic acids is 1. The number of carbonyl (C=O) groups is 1. The first-order valence-electron chi connectivity index (χ1n) is 7.90. The topological polar surface area (TPSA) is 95.9 Å². The monoisotopic (exact) mass is 337 g/mol. The second-order valence-corrected chi connectivity index (χ2v) is 5.82.